The predicted octanol–water partition coefficient (Wildman–Crippen LogP) is 0.111. The van der Waals surface area contributed by atoms with Gasteiger partial charge in [0.15, 0.2) is 5.70 Å². The van der Waals surface area contributed by atoms with Crippen LogP contribution in [0, 0.1) is 10.1 Å². The summed E-state index contributed by atoms with van der Waals surface area (Å²) in [5, 5.41) is 10.7. The van der Waals surface area contributed by atoms with Crippen molar-refractivity contribution in [2.24, 2.45) is 0 Å². The first-order chi connectivity index (χ1) is 11.3. The lowest BCUT2D eigenvalue weighted by molar-refractivity contribution is -0.384. The molecule has 0 spiro atoms. The number of hydrogen-bond donors (Lipinski definition) is 0. The number of nitrogens with zero attached hydrogens (tertiary/aromatic N) is 2. The summed E-state index contributed by atoms with van der Waals surface area (Å²) in [6.07, 6.45) is 0. The van der Waals surface area contributed by atoms with Gasteiger partial charge in [-0.1, -0.05) is 0 Å². The topological polar surface area (TPSA) is 133 Å². The normalized spacial score (nSPS) is 14.0. The SMILES string of the molecule is COC(=O)C1=C(C(=O)OC)N(c2ccc([N+](=O)[O-])cc2)C(=O)C1=O. The van der Waals surface area contributed by atoms with Crippen molar-refractivity contribution in [1.29, 1.82) is 0 Å². The molecule has 0 aromatic heterocycles. The van der Waals surface area contributed by atoms with Gasteiger partial charge in [0, 0.05) is 12.1 Å². The molecule has 24 heavy (non-hydrogen) atoms. The molecule has 0 bridgehead atoms. The van der Waals surface area contributed by atoms with Crippen molar-refractivity contribution in [2.45, 2.75) is 0 Å². The van der Waals surface area contributed by atoms with Crippen LogP contribution < -0.4 is 4.90 Å². The van der Waals surface area contributed by atoms with E-state index in [1.165, 1.54) is 0 Å². The van der Waals surface area contributed by atoms with E-state index < -0.39 is 39.8 Å². The molecular weight excluding hydrogens is 324 g/mol. The first-order valence-corrected chi connectivity index (χ1v) is 6.37. The highest BCUT2D eigenvalue weighted by Crippen LogP contribution is 2.31. The summed E-state index contributed by atoms with van der Waals surface area (Å²) >= 11 is 0. The second-order valence-corrected chi connectivity index (χ2v) is 4.45. The molecular formula is C14H10N2O8. The lowest BCUT2D eigenvalue weighted by Crippen LogP contribution is -2.31. The lowest BCUT2D eigenvalue weighted by atomic mass is 10.1. The van der Waals surface area contributed by atoms with Gasteiger partial charge in [-0.15, -0.1) is 0 Å². The number of hydrogen-bond acceptors (Lipinski definition) is 8. The minimum absolute atomic E-state index is 0.0155. The van der Waals surface area contributed by atoms with E-state index in [9.17, 15) is 29.3 Å². The lowest BCUT2D eigenvalue weighted by Gasteiger charge is -2.17. The molecule has 1 aromatic rings. The molecule has 124 valence electrons. The largest absolute Gasteiger partial charge is 0.465 e. The van der Waals surface area contributed by atoms with Crippen LogP contribution in [0.4, 0.5) is 11.4 Å². The van der Waals surface area contributed by atoms with Gasteiger partial charge in [0.05, 0.1) is 24.8 Å². The Balaban J connectivity index is 2.62. The fourth-order valence-electron chi connectivity index (χ4n) is 2.08. The third-order valence-corrected chi connectivity index (χ3v) is 3.17. The van der Waals surface area contributed by atoms with Gasteiger partial charge >= 0.3 is 17.8 Å². The van der Waals surface area contributed by atoms with E-state index in [1.54, 1.807) is 0 Å². The van der Waals surface area contributed by atoms with Crippen molar-refractivity contribution in [3.63, 3.8) is 0 Å². The summed E-state index contributed by atoms with van der Waals surface area (Å²) in [6, 6.07) is 4.48. The third-order valence-electron chi connectivity index (χ3n) is 3.17. The summed E-state index contributed by atoms with van der Waals surface area (Å²) in [7, 11) is 1.99. The molecule has 0 N–H and O–H groups in total. The van der Waals surface area contributed by atoms with Crippen LogP contribution in [0.3, 0.4) is 0 Å². The van der Waals surface area contributed by atoms with Gasteiger partial charge in [0.1, 0.15) is 5.57 Å². The van der Waals surface area contributed by atoms with Gasteiger partial charge in [-0.2, -0.15) is 0 Å². The maximum absolute atomic E-state index is 12.2. The highest BCUT2D eigenvalue weighted by atomic mass is 16.6. The molecule has 2 rings (SSSR count). The van der Waals surface area contributed by atoms with Crippen molar-refractivity contribution in [3.05, 3.63) is 45.6 Å². The number of nitro benzene ring substituents is 1. The Bertz CT molecular complexity index is 793. The van der Waals surface area contributed by atoms with E-state index in [4.69, 9.17) is 0 Å². The van der Waals surface area contributed by atoms with Gasteiger partial charge in [-0.3, -0.25) is 24.6 Å². The quantitative estimate of drug-likeness (QED) is 0.249. The number of amides is 1. The zero-order chi connectivity index (χ0) is 18.0. The third kappa shape index (κ3) is 2.60. The van der Waals surface area contributed by atoms with Crippen LogP contribution in [-0.4, -0.2) is 42.8 Å². The molecule has 0 aliphatic carbocycles. The number of anilines is 1. The Morgan fingerprint density at radius 1 is 1.04 bits per heavy atom. The smallest absolute Gasteiger partial charge is 0.356 e. The molecule has 0 radical (unpaired) electrons. The van der Waals surface area contributed by atoms with E-state index in [-0.39, 0.29) is 11.4 Å². The van der Waals surface area contributed by atoms with E-state index in [2.05, 4.69) is 9.47 Å². The zero-order valence-corrected chi connectivity index (χ0v) is 12.5. The summed E-state index contributed by atoms with van der Waals surface area (Å²) in [4.78, 5) is 58.6. The highest BCUT2D eigenvalue weighted by molar-refractivity contribution is 6.57. The van der Waals surface area contributed by atoms with Crippen molar-refractivity contribution in [1.82, 2.24) is 0 Å². The number of non-ortho nitro benzene ring substituents is 1. The molecule has 1 aliphatic heterocycles. The molecule has 0 atom stereocenters. The first-order valence-electron chi connectivity index (χ1n) is 6.37. The highest BCUT2D eigenvalue weighted by Gasteiger charge is 2.46. The Labute approximate surface area is 134 Å². The number of carbonyl (C=O) groups is 4. The van der Waals surface area contributed by atoms with Crippen LogP contribution in [0.15, 0.2) is 35.5 Å². The van der Waals surface area contributed by atoms with E-state index in [1.807, 2.05) is 0 Å². The molecule has 10 heteroatoms. The summed E-state index contributed by atoms with van der Waals surface area (Å²) in [5.74, 6) is -4.68. The van der Waals surface area contributed by atoms with E-state index >= 15 is 0 Å². The van der Waals surface area contributed by atoms with Crippen LogP contribution in [0.2, 0.25) is 0 Å². The number of rotatable bonds is 4. The molecule has 10 nitrogen and oxygen atoms in total. The number of esters is 2. The van der Waals surface area contributed by atoms with Crippen LogP contribution in [0.5, 0.6) is 0 Å². The average molecular weight is 334 g/mol. The van der Waals surface area contributed by atoms with Crippen LogP contribution in [0.25, 0.3) is 0 Å². The minimum atomic E-state index is -1.24. The number of methoxy groups -OCH3 is 2. The van der Waals surface area contributed by atoms with Gasteiger partial charge in [-0.05, 0) is 12.1 Å². The number of benzene rings is 1. The Hall–Kier alpha value is -3.56. The number of nitro groups is 1. The molecule has 0 fully saturated rings. The zero-order valence-electron chi connectivity index (χ0n) is 12.5. The maximum Gasteiger partial charge on any atom is 0.356 e. The van der Waals surface area contributed by atoms with E-state index in [0.29, 0.717) is 4.90 Å². The van der Waals surface area contributed by atoms with Crippen LogP contribution >= 0.6 is 0 Å². The molecule has 0 saturated heterocycles. The van der Waals surface area contributed by atoms with Crippen molar-refractivity contribution in [2.75, 3.05) is 19.1 Å². The molecule has 1 aromatic carbocycles. The van der Waals surface area contributed by atoms with Crippen LogP contribution in [-0.2, 0) is 28.7 Å². The monoisotopic (exact) mass is 334 g/mol. The Morgan fingerprint density at radius 2 is 1.58 bits per heavy atom. The van der Waals surface area contributed by atoms with Crippen LogP contribution in [0.1, 0.15) is 0 Å². The predicted molar refractivity (Wildman–Crippen MR) is 76.6 cm³/mol. The molecule has 0 saturated carbocycles. The van der Waals surface area contributed by atoms with Gasteiger partial charge in [0.2, 0.25) is 0 Å². The second kappa shape index (κ2) is 6.28. The molecule has 1 amide bonds. The summed E-state index contributed by atoms with van der Waals surface area (Å²) < 4.78 is 8.93. The Morgan fingerprint density at radius 3 is 2.04 bits per heavy atom. The number of Topliss-reactive ketones (excluding diaryl/α,β-unsaturated/α-hetero) is 1. The standard InChI is InChI=1S/C14H10N2O8/c1-23-13(19)9-10(14(20)24-2)15(12(18)11(9)17)7-3-5-8(6-4-7)16(21)22/h3-6H,1-2H3. The van der Waals surface area contributed by atoms with Crippen molar-refractivity contribution < 1.29 is 33.6 Å². The Kier molecular flexibility index (Phi) is 4.40. The minimum Gasteiger partial charge on any atom is -0.465 e. The summed E-state index contributed by atoms with van der Waals surface area (Å²) in [6.45, 7) is 0. The molecule has 1 aliphatic rings. The summed E-state index contributed by atoms with van der Waals surface area (Å²) in [5.41, 5.74) is -1.63. The van der Waals surface area contributed by atoms with Gasteiger partial charge < -0.3 is 9.47 Å². The fourth-order valence-corrected chi connectivity index (χ4v) is 2.08. The van der Waals surface area contributed by atoms with Crippen molar-refractivity contribution in [3.8, 4) is 0 Å². The van der Waals surface area contributed by atoms with Gasteiger partial charge in [0.25, 0.3) is 11.5 Å². The van der Waals surface area contributed by atoms with Crippen molar-refractivity contribution >= 4 is 35.0 Å². The maximum atomic E-state index is 12.2. The second-order valence-electron chi connectivity index (χ2n) is 4.45. The molecule has 1 heterocycles. The fraction of sp³-hybridized carbons (Fsp3) is 0.143. The molecule has 0 unspecified atom stereocenters. The van der Waals surface area contributed by atoms with E-state index in [0.717, 1.165) is 38.5 Å². The van der Waals surface area contributed by atoms with Gasteiger partial charge in [-0.25, -0.2) is 9.59 Å². The number of ketones is 1. The first kappa shape index (κ1) is 16.8. The number of ether oxygens (including phenoxy) is 2. The average Bonchev–Trinajstić information content (AvgIpc) is 2.85. The number of carbonyl (C=O) groups excluding carboxylic acids is 4.